The molecule has 0 saturated carbocycles. The van der Waals surface area contributed by atoms with Gasteiger partial charge in [-0.15, -0.1) is 0 Å². The minimum atomic E-state index is -4.22. The highest BCUT2D eigenvalue weighted by Crippen LogP contribution is 2.27. The van der Waals surface area contributed by atoms with E-state index in [9.17, 15) is 17.2 Å². The van der Waals surface area contributed by atoms with Gasteiger partial charge in [0.1, 0.15) is 16.5 Å². The summed E-state index contributed by atoms with van der Waals surface area (Å²) in [5.74, 6) is -2.22. The lowest BCUT2D eigenvalue weighted by atomic mass is 10.3. The molecule has 0 fully saturated rings. The highest BCUT2D eigenvalue weighted by Gasteiger charge is 2.19. The van der Waals surface area contributed by atoms with Gasteiger partial charge in [-0.1, -0.05) is 11.6 Å². The Morgan fingerprint density at radius 3 is 2.23 bits per heavy atom. The van der Waals surface area contributed by atoms with Gasteiger partial charge in [0.15, 0.2) is 0 Å². The lowest BCUT2D eigenvalue weighted by molar-refractivity contribution is 0.571. The lowest BCUT2D eigenvalue weighted by Gasteiger charge is -2.00. The van der Waals surface area contributed by atoms with Crippen LogP contribution in [0, 0.1) is 11.6 Å². The van der Waals surface area contributed by atoms with Crippen LogP contribution in [0.4, 0.5) is 8.78 Å². The van der Waals surface area contributed by atoms with Crippen LogP contribution in [-0.2, 0) is 9.05 Å². The molecule has 0 aliphatic rings. The number of benzene rings is 1. The summed E-state index contributed by atoms with van der Waals surface area (Å²) in [7, 11) is 0.644. The van der Waals surface area contributed by atoms with Crippen molar-refractivity contribution in [2.45, 2.75) is 4.90 Å². The zero-order valence-corrected chi connectivity index (χ0v) is 8.22. The number of hydrogen-bond acceptors (Lipinski definition) is 2. The standard InChI is InChI=1S/C6H2Cl2F2O2S/c7-6-4(10)1-3(9)2-5(6)13(8,11)12/h1-2H. The molecule has 0 N–H and O–H groups in total. The molecule has 2 nitrogen and oxygen atoms in total. The van der Waals surface area contributed by atoms with Crippen molar-refractivity contribution in [1.29, 1.82) is 0 Å². The van der Waals surface area contributed by atoms with Crippen molar-refractivity contribution in [3.8, 4) is 0 Å². The molecule has 0 aromatic heterocycles. The lowest BCUT2D eigenvalue weighted by Crippen LogP contribution is -1.95. The molecule has 1 rings (SSSR count). The number of hydrogen-bond donors (Lipinski definition) is 0. The Morgan fingerprint density at radius 1 is 1.23 bits per heavy atom. The fourth-order valence-corrected chi connectivity index (χ4v) is 2.17. The van der Waals surface area contributed by atoms with E-state index < -0.39 is 30.6 Å². The summed E-state index contributed by atoms with van der Waals surface area (Å²) in [5.41, 5.74) is 0. The molecule has 0 saturated heterocycles. The maximum absolute atomic E-state index is 12.7. The van der Waals surface area contributed by atoms with Gasteiger partial charge in [0, 0.05) is 16.7 Å². The summed E-state index contributed by atoms with van der Waals surface area (Å²) in [4.78, 5) is -0.770. The van der Waals surface area contributed by atoms with E-state index in [1.807, 2.05) is 0 Å². The highest BCUT2D eigenvalue weighted by atomic mass is 35.7. The number of halogens is 4. The van der Waals surface area contributed by atoms with Gasteiger partial charge >= 0.3 is 0 Å². The van der Waals surface area contributed by atoms with Gasteiger partial charge in [0.25, 0.3) is 9.05 Å². The smallest absolute Gasteiger partial charge is 0.207 e. The summed E-state index contributed by atoms with van der Waals surface area (Å²) >= 11 is 5.24. The van der Waals surface area contributed by atoms with Crippen molar-refractivity contribution in [3.05, 3.63) is 28.8 Å². The van der Waals surface area contributed by atoms with Crippen molar-refractivity contribution in [2.24, 2.45) is 0 Å². The molecular formula is C6H2Cl2F2O2S. The Kier molecular flexibility index (Phi) is 2.79. The second kappa shape index (κ2) is 3.40. The molecule has 0 aliphatic carbocycles. The molecule has 72 valence electrons. The van der Waals surface area contributed by atoms with Crippen molar-refractivity contribution in [2.75, 3.05) is 0 Å². The summed E-state index contributed by atoms with van der Waals surface area (Å²) in [5, 5.41) is -0.712. The molecule has 0 atom stereocenters. The van der Waals surface area contributed by atoms with Crippen LogP contribution >= 0.6 is 22.3 Å². The maximum atomic E-state index is 12.7. The molecule has 7 heteroatoms. The Bertz CT molecular complexity index is 444. The van der Waals surface area contributed by atoms with Gasteiger partial charge in [0.2, 0.25) is 0 Å². The van der Waals surface area contributed by atoms with Crippen LogP contribution in [0.5, 0.6) is 0 Å². The first-order chi connectivity index (χ1) is 5.82. The van der Waals surface area contributed by atoms with E-state index in [0.29, 0.717) is 12.1 Å². The van der Waals surface area contributed by atoms with Gasteiger partial charge in [0.05, 0.1) is 5.02 Å². The first-order valence-corrected chi connectivity index (χ1v) is 5.60. The molecule has 1 aromatic carbocycles. The normalized spacial score (nSPS) is 11.7. The first-order valence-electron chi connectivity index (χ1n) is 2.91. The van der Waals surface area contributed by atoms with Crippen LogP contribution < -0.4 is 0 Å². The molecular weight excluding hydrogens is 245 g/mol. The quantitative estimate of drug-likeness (QED) is 0.564. The Hall–Kier alpha value is -0.390. The predicted molar refractivity (Wildman–Crippen MR) is 44.4 cm³/mol. The van der Waals surface area contributed by atoms with Crippen LogP contribution in [0.15, 0.2) is 17.0 Å². The Morgan fingerprint density at radius 2 is 1.77 bits per heavy atom. The van der Waals surface area contributed by atoms with E-state index in [1.54, 1.807) is 0 Å². The van der Waals surface area contributed by atoms with E-state index in [0.717, 1.165) is 0 Å². The van der Waals surface area contributed by atoms with E-state index >= 15 is 0 Å². The average molecular weight is 247 g/mol. The summed E-state index contributed by atoms with van der Waals surface area (Å²) in [6.07, 6.45) is 0. The monoisotopic (exact) mass is 246 g/mol. The van der Waals surface area contributed by atoms with Crippen LogP contribution in [0.25, 0.3) is 0 Å². The van der Waals surface area contributed by atoms with Crippen molar-refractivity contribution in [3.63, 3.8) is 0 Å². The fourth-order valence-electron chi connectivity index (χ4n) is 0.710. The SMILES string of the molecule is O=S(=O)(Cl)c1cc(F)cc(F)c1Cl. The molecule has 0 bridgehead atoms. The third-order valence-electron chi connectivity index (χ3n) is 1.22. The molecule has 0 unspecified atom stereocenters. The average Bonchev–Trinajstić information content (AvgIpc) is 1.94. The van der Waals surface area contributed by atoms with E-state index in [4.69, 9.17) is 22.3 Å². The van der Waals surface area contributed by atoms with Crippen LogP contribution in [0.3, 0.4) is 0 Å². The van der Waals surface area contributed by atoms with Gasteiger partial charge in [-0.2, -0.15) is 0 Å². The second-order valence-corrected chi connectivity index (χ2v) is 5.05. The zero-order chi connectivity index (χ0) is 10.2. The molecule has 0 aliphatic heterocycles. The van der Waals surface area contributed by atoms with Gasteiger partial charge in [-0.25, -0.2) is 17.2 Å². The maximum Gasteiger partial charge on any atom is 0.263 e. The minimum Gasteiger partial charge on any atom is -0.207 e. The second-order valence-electron chi connectivity index (χ2n) is 2.14. The van der Waals surface area contributed by atoms with E-state index in [1.165, 1.54) is 0 Å². The van der Waals surface area contributed by atoms with Crippen LogP contribution in [-0.4, -0.2) is 8.42 Å². The molecule has 0 amide bonds. The molecule has 0 radical (unpaired) electrons. The van der Waals surface area contributed by atoms with Crippen molar-refractivity contribution in [1.82, 2.24) is 0 Å². The van der Waals surface area contributed by atoms with E-state index in [2.05, 4.69) is 0 Å². The fraction of sp³-hybridized carbons (Fsp3) is 0. The third kappa shape index (κ3) is 2.30. The molecule has 13 heavy (non-hydrogen) atoms. The van der Waals surface area contributed by atoms with Crippen molar-refractivity contribution >= 4 is 31.3 Å². The van der Waals surface area contributed by atoms with Gasteiger partial charge < -0.3 is 0 Å². The Labute approximate surface area is 82.5 Å². The molecule has 0 spiro atoms. The predicted octanol–water partition coefficient (Wildman–Crippen LogP) is 2.55. The van der Waals surface area contributed by atoms with Gasteiger partial charge in [-0.05, 0) is 6.07 Å². The highest BCUT2D eigenvalue weighted by molar-refractivity contribution is 8.13. The summed E-state index contributed by atoms with van der Waals surface area (Å²) in [6.45, 7) is 0. The summed E-state index contributed by atoms with van der Waals surface area (Å²) < 4.78 is 46.6. The Balaban J connectivity index is 3.56. The van der Waals surface area contributed by atoms with Crippen LogP contribution in [0.2, 0.25) is 5.02 Å². The van der Waals surface area contributed by atoms with Crippen LogP contribution in [0.1, 0.15) is 0 Å². The number of rotatable bonds is 1. The minimum absolute atomic E-state index is 0.466. The van der Waals surface area contributed by atoms with Gasteiger partial charge in [-0.3, -0.25) is 0 Å². The first kappa shape index (κ1) is 10.7. The largest absolute Gasteiger partial charge is 0.263 e. The van der Waals surface area contributed by atoms with E-state index in [-0.39, 0.29) is 0 Å². The van der Waals surface area contributed by atoms with Crippen molar-refractivity contribution < 1.29 is 17.2 Å². The summed E-state index contributed by atoms with van der Waals surface area (Å²) in [6, 6.07) is 1.02. The third-order valence-corrected chi connectivity index (χ3v) is 3.06. The molecule has 0 heterocycles. The topological polar surface area (TPSA) is 34.1 Å². The molecule has 1 aromatic rings. The zero-order valence-electron chi connectivity index (χ0n) is 5.89.